The van der Waals surface area contributed by atoms with Gasteiger partial charge in [0.05, 0.1) is 13.2 Å². The third-order valence-electron chi connectivity index (χ3n) is 2.14. The van der Waals surface area contributed by atoms with Gasteiger partial charge in [-0.15, -0.1) is 0 Å². The lowest BCUT2D eigenvalue weighted by Gasteiger charge is -2.13. The molecule has 4 nitrogen and oxygen atoms in total. The van der Waals surface area contributed by atoms with Crippen LogP contribution in [0.25, 0.3) is 0 Å². The van der Waals surface area contributed by atoms with E-state index in [2.05, 4.69) is 10.6 Å². The van der Waals surface area contributed by atoms with Crippen LogP contribution in [0.5, 0.6) is 0 Å². The Bertz CT molecular complexity index is 395. The maximum atomic E-state index is 13.0. The highest BCUT2D eigenvalue weighted by Crippen LogP contribution is 2.17. The molecule has 0 fully saturated rings. The summed E-state index contributed by atoms with van der Waals surface area (Å²) in [5.74, 6) is -0.641. The first-order valence-electron chi connectivity index (χ1n) is 5.49. The summed E-state index contributed by atoms with van der Waals surface area (Å²) in [5.41, 5.74) is 0.467. The molecule has 0 aliphatic heterocycles. The van der Waals surface area contributed by atoms with Gasteiger partial charge in [0.15, 0.2) is 0 Å². The lowest BCUT2D eigenvalue weighted by Crippen LogP contribution is -2.39. The van der Waals surface area contributed by atoms with Gasteiger partial charge in [-0.3, -0.25) is 4.79 Å². The molecule has 0 aliphatic rings. The second-order valence-electron chi connectivity index (χ2n) is 3.94. The van der Waals surface area contributed by atoms with Crippen molar-refractivity contribution in [1.29, 1.82) is 0 Å². The first-order valence-corrected chi connectivity index (χ1v) is 5.87. The predicted octanol–water partition coefficient (Wildman–Crippen LogP) is 2.04. The minimum atomic E-state index is -0.446. The van der Waals surface area contributed by atoms with Crippen molar-refractivity contribution in [2.45, 2.75) is 13.0 Å². The molecule has 0 spiro atoms. The minimum absolute atomic E-state index is 0.0494. The molecule has 1 unspecified atom stereocenters. The monoisotopic (exact) mass is 274 g/mol. The van der Waals surface area contributed by atoms with E-state index in [-0.39, 0.29) is 23.5 Å². The largest absolute Gasteiger partial charge is 0.383 e. The van der Waals surface area contributed by atoms with Crippen LogP contribution in [0.15, 0.2) is 18.2 Å². The Labute approximate surface area is 110 Å². The van der Waals surface area contributed by atoms with Crippen LogP contribution in [-0.2, 0) is 9.53 Å². The highest BCUT2D eigenvalue weighted by molar-refractivity contribution is 6.30. The van der Waals surface area contributed by atoms with Gasteiger partial charge in [-0.2, -0.15) is 0 Å². The van der Waals surface area contributed by atoms with Gasteiger partial charge in [0.2, 0.25) is 5.91 Å². The number of benzene rings is 1. The number of nitrogens with one attached hydrogen (secondary N) is 2. The van der Waals surface area contributed by atoms with Gasteiger partial charge in [-0.1, -0.05) is 11.6 Å². The molecule has 1 aromatic carbocycles. The second-order valence-corrected chi connectivity index (χ2v) is 4.37. The number of amides is 1. The molecule has 0 radical (unpaired) electrons. The summed E-state index contributed by atoms with van der Waals surface area (Å²) in [4.78, 5) is 11.5. The fourth-order valence-electron chi connectivity index (χ4n) is 1.46. The van der Waals surface area contributed by atoms with Crippen molar-refractivity contribution < 1.29 is 13.9 Å². The van der Waals surface area contributed by atoms with E-state index in [1.807, 2.05) is 6.92 Å². The van der Waals surface area contributed by atoms with Crippen molar-refractivity contribution in [3.8, 4) is 0 Å². The maximum Gasteiger partial charge on any atom is 0.239 e. The second kappa shape index (κ2) is 7.18. The number of rotatable bonds is 6. The fourth-order valence-corrected chi connectivity index (χ4v) is 1.68. The SMILES string of the molecule is COCC(C)NC(=O)CNc1cc(F)cc(Cl)c1. The summed E-state index contributed by atoms with van der Waals surface area (Å²) < 4.78 is 17.9. The van der Waals surface area contributed by atoms with Gasteiger partial charge in [0.1, 0.15) is 5.82 Å². The van der Waals surface area contributed by atoms with Gasteiger partial charge in [-0.25, -0.2) is 4.39 Å². The smallest absolute Gasteiger partial charge is 0.239 e. The average molecular weight is 275 g/mol. The number of methoxy groups -OCH3 is 1. The summed E-state index contributed by atoms with van der Waals surface area (Å²) in [6.45, 7) is 2.33. The maximum absolute atomic E-state index is 13.0. The Morgan fingerprint density at radius 2 is 2.22 bits per heavy atom. The van der Waals surface area contributed by atoms with Crippen LogP contribution in [0.4, 0.5) is 10.1 Å². The molecule has 0 aliphatic carbocycles. The van der Waals surface area contributed by atoms with E-state index in [0.717, 1.165) is 0 Å². The number of anilines is 1. The molecule has 0 saturated heterocycles. The van der Waals surface area contributed by atoms with Crippen molar-refractivity contribution in [2.24, 2.45) is 0 Å². The molecular weight excluding hydrogens is 259 g/mol. The summed E-state index contributed by atoms with van der Waals surface area (Å²) in [7, 11) is 1.57. The molecule has 1 aromatic rings. The Balaban J connectivity index is 2.42. The van der Waals surface area contributed by atoms with Crippen LogP contribution >= 0.6 is 11.6 Å². The summed E-state index contributed by atoms with van der Waals surface area (Å²) in [5, 5.41) is 5.81. The Hall–Kier alpha value is -1.33. The van der Waals surface area contributed by atoms with Gasteiger partial charge in [-0.05, 0) is 25.1 Å². The zero-order valence-corrected chi connectivity index (χ0v) is 11.1. The van der Waals surface area contributed by atoms with Crippen molar-refractivity contribution in [1.82, 2.24) is 5.32 Å². The Morgan fingerprint density at radius 3 is 2.83 bits per heavy atom. The van der Waals surface area contributed by atoms with Crippen LogP contribution in [0, 0.1) is 5.82 Å². The van der Waals surface area contributed by atoms with Gasteiger partial charge in [0, 0.05) is 23.9 Å². The first-order chi connectivity index (χ1) is 8.51. The van der Waals surface area contributed by atoms with Crippen LogP contribution in [-0.4, -0.2) is 32.2 Å². The van der Waals surface area contributed by atoms with Gasteiger partial charge >= 0.3 is 0 Å². The Kier molecular flexibility index (Phi) is 5.88. The number of hydrogen-bond donors (Lipinski definition) is 2. The van der Waals surface area contributed by atoms with E-state index < -0.39 is 5.82 Å². The van der Waals surface area contributed by atoms with E-state index in [1.54, 1.807) is 13.2 Å². The summed E-state index contributed by atoms with van der Waals surface area (Å²) in [6, 6.07) is 3.96. The summed E-state index contributed by atoms with van der Waals surface area (Å²) >= 11 is 5.69. The average Bonchev–Trinajstić information content (AvgIpc) is 2.25. The van der Waals surface area contributed by atoms with E-state index in [9.17, 15) is 9.18 Å². The van der Waals surface area contributed by atoms with Crippen LogP contribution < -0.4 is 10.6 Å². The van der Waals surface area contributed by atoms with Crippen LogP contribution in [0.2, 0.25) is 5.02 Å². The zero-order valence-electron chi connectivity index (χ0n) is 10.3. The van der Waals surface area contributed by atoms with Crippen molar-refractivity contribution >= 4 is 23.2 Å². The molecule has 0 saturated carbocycles. The van der Waals surface area contributed by atoms with Crippen LogP contribution in [0.1, 0.15) is 6.92 Å². The highest BCUT2D eigenvalue weighted by atomic mass is 35.5. The molecule has 100 valence electrons. The van der Waals surface area contributed by atoms with E-state index >= 15 is 0 Å². The zero-order chi connectivity index (χ0) is 13.5. The third kappa shape index (κ3) is 5.33. The number of hydrogen-bond acceptors (Lipinski definition) is 3. The third-order valence-corrected chi connectivity index (χ3v) is 2.36. The van der Waals surface area contributed by atoms with E-state index in [4.69, 9.17) is 16.3 Å². The highest BCUT2D eigenvalue weighted by Gasteiger charge is 2.07. The molecule has 6 heteroatoms. The summed E-state index contributed by atoms with van der Waals surface area (Å²) in [6.07, 6.45) is 0. The fraction of sp³-hybridized carbons (Fsp3) is 0.417. The van der Waals surface area contributed by atoms with Crippen molar-refractivity contribution in [3.05, 3.63) is 29.0 Å². The number of carbonyl (C=O) groups excluding carboxylic acids is 1. The van der Waals surface area contributed by atoms with Gasteiger partial charge in [0.25, 0.3) is 0 Å². The predicted molar refractivity (Wildman–Crippen MR) is 69.4 cm³/mol. The normalized spacial score (nSPS) is 12.0. The van der Waals surface area contributed by atoms with Gasteiger partial charge < -0.3 is 15.4 Å². The minimum Gasteiger partial charge on any atom is -0.383 e. The van der Waals surface area contributed by atoms with E-state index in [1.165, 1.54) is 12.1 Å². The lowest BCUT2D eigenvalue weighted by molar-refractivity contribution is -0.120. The number of ether oxygens (including phenoxy) is 1. The molecule has 1 atom stereocenters. The van der Waals surface area contributed by atoms with Crippen molar-refractivity contribution in [3.63, 3.8) is 0 Å². The topological polar surface area (TPSA) is 50.4 Å². The molecule has 1 rings (SSSR count). The molecule has 2 N–H and O–H groups in total. The molecular formula is C12H16ClFN2O2. The quantitative estimate of drug-likeness (QED) is 0.835. The Morgan fingerprint density at radius 1 is 1.50 bits per heavy atom. The standard InChI is InChI=1S/C12H16ClFN2O2/c1-8(7-18-2)16-12(17)6-15-11-4-9(13)3-10(14)5-11/h3-5,8,15H,6-7H2,1-2H3,(H,16,17). The molecule has 1 amide bonds. The molecule has 18 heavy (non-hydrogen) atoms. The molecule has 0 aromatic heterocycles. The van der Waals surface area contributed by atoms with E-state index in [0.29, 0.717) is 12.3 Å². The molecule has 0 heterocycles. The van der Waals surface area contributed by atoms with Crippen LogP contribution in [0.3, 0.4) is 0 Å². The number of halogens is 2. The van der Waals surface area contributed by atoms with Crippen molar-refractivity contribution in [2.75, 3.05) is 25.6 Å². The number of carbonyl (C=O) groups is 1. The lowest BCUT2D eigenvalue weighted by atomic mass is 10.3. The first kappa shape index (κ1) is 14.7. The molecule has 0 bridgehead atoms.